The second-order valence-corrected chi connectivity index (χ2v) is 3.40. The van der Waals surface area contributed by atoms with Crippen LogP contribution in [0.4, 0.5) is 11.4 Å². The second kappa shape index (κ2) is 5.92. The molecule has 3 nitrogen and oxygen atoms in total. The van der Waals surface area contributed by atoms with Crippen LogP contribution >= 0.6 is 0 Å². The zero-order valence-corrected chi connectivity index (χ0v) is 9.11. The lowest BCUT2D eigenvalue weighted by Gasteiger charge is -2.24. The van der Waals surface area contributed by atoms with Crippen LogP contribution < -0.4 is 10.6 Å². The zero-order valence-electron chi connectivity index (χ0n) is 9.11. The van der Waals surface area contributed by atoms with E-state index in [2.05, 4.69) is 17.9 Å². The summed E-state index contributed by atoms with van der Waals surface area (Å²) in [5.74, 6) is 0. The van der Waals surface area contributed by atoms with Crippen molar-refractivity contribution in [2.45, 2.75) is 19.8 Å². The van der Waals surface area contributed by atoms with Gasteiger partial charge in [-0.2, -0.15) is 5.26 Å². The van der Waals surface area contributed by atoms with Gasteiger partial charge in [-0.15, -0.1) is 0 Å². The molecule has 2 N–H and O–H groups in total. The molecule has 0 aliphatic heterocycles. The molecule has 0 aliphatic carbocycles. The van der Waals surface area contributed by atoms with Crippen molar-refractivity contribution >= 4 is 11.4 Å². The summed E-state index contributed by atoms with van der Waals surface area (Å²) in [6, 6.07) is 10.00. The van der Waals surface area contributed by atoms with Crippen LogP contribution in [-0.4, -0.2) is 13.1 Å². The Bertz CT molecular complexity index is 341. The standard InChI is InChI=1S/C12H17N3/c1-2-15(10-6-5-9-13)12-8-4-3-7-11(12)14/h3-4,7-8H,2,5-6,10,14H2,1H3. The van der Waals surface area contributed by atoms with Crippen molar-refractivity contribution in [1.29, 1.82) is 5.26 Å². The maximum atomic E-state index is 8.48. The van der Waals surface area contributed by atoms with Crippen LogP contribution in [0.25, 0.3) is 0 Å². The predicted molar refractivity (Wildman–Crippen MR) is 63.6 cm³/mol. The number of unbranched alkanes of at least 4 members (excludes halogenated alkanes) is 1. The minimum Gasteiger partial charge on any atom is -0.397 e. The Kier molecular flexibility index (Phi) is 4.49. The number of nitrogens with zero attached hydrogens (tertiary/aromatic N) is 2. The van der Waals surface area contributed by atoms with Crippen molar-refractivity contribution < 1.29 is 0 Å². The van der Waals surface area contributed by atoms with E-state index in [1.54, 1.807) is 0 Å². The first kappa shape index (κ1) is 11.4. The lowest BCUT2D eigenvalue weighted by atomic mass is 10.2. The summed E-state index contributed by atoms with van der Waals surface area (Å²) in [5.41, 5.74) is 7.76. The van der Waals surface area contributed by atoms with E-state index in [1.165, 1.54) is 0 Å². The van der Waals surface area contributed by atoms with Crippen LogP contribution in [0.15, 0.2) is 24.3 Å². The van der Waals surface area contributed by atoms with Gasteiger partial charge in [0.25, 0.3) is 0 Å². The number of nitriles is 1. The summed E-state index contributed by atoms with van der Waals surface area (Å²) in [7, 11) is 0. The molecule has 0 radical (unpaired) electrons. The molecule has 0 unspecified atom stereocenters. The number of nitrogens with two attached hydrogens (primary N) is 1. The van der Waals surface area contributed by atoms with Crippen molar-refractivity contribution in [3.05, 3.63) is 24.3 Å². The number of nitrogen functional groups attached to an aromatic ring is 1. The van der Waals surface area contributed by atoms with Gasteiger partial charge in [-0.05, 0) is 25.5 Å². The van der Waals surface area contributed by atoms with Crippen LogP contribution in [0.1, 0.15) is 19.8 Å². The van der Waals surface area contributed by atoms with Gasteiger partial charge >= 0.3 is 0 Å². The molecule has 15 heavy (non-hydrogen) atoms. The number of hydrogen-bond donors (Lipinski definition) is 1. The van der Waals surface area contributed by atoms with Gasteiger partial charge in [0, 0.05) is 19.5 Å². The predicted octanol–water partition coefficient (Wildman–Crippen LogP) is 2.40. The molecule has 0 heterocycles. The Morgan fingerprint density at radius 2 is 2.13 bits per heavy atom. The highest BCUT2D eigenvalue weighted by Gasteiger charge is 2.06. The molecule has 0 saturated carbocycles. The van der Waals surface area contributed by atoms with Gasteiger partial charge in [0.15, 0.2) is 0 Å². The number of rotatable bonds is 5. The first-order valence-electron chi connectivity index (χ1n) is 5.26. The fraction of sp³-hybridized carbons (Fsp3) is 0.417. The molecule has 0 aromatic heterocycles. The summed E-state index contributed by atoms with van der Waals surface area (Å²) >= 11 is 0. The SMILES string of the molecule is CCN(CCCC#N)c1ccccc1N. The molecule has 0 aliphatic rings. The highest BCUT2D eigenvalue weighted by atomic mass is 15.1. The molecule has 0 fully saturated rings. The van der Waals surface area contributed by atoms with Gasteiger partial charge in [-0.1, -0.05) is 12.1 Å². The van der Waals surface area contributed by atoms with Gasteiger partial charge in [0.05, 0.1) is 17.4 Å². The van der Waals surface area contributed by atoms with E-state index in [1.807, 2.05) is 24.3 Å². The van der Waals surface area contributed by atoms with E-state index in [0.29, 0.717) is 6.42 Å². The Morgan fingerprint density at radius 1 is 1.40 bits per heavy atom. The summed E-state index contributed by atoms with van der Waals surface area (Å²) in [5, 5.41) is 8.48. The Hall–Kier alpha value is -1.69. The van der Waals surface area contributed by atoms with Crippen molar-refractivity contribution in [3.63, 3.8) is 0 Å². The number of hydrogen-bond acceptors (Lipinski definition) is 3. The van der Waals surface area contributed by atoms with E-state index >= 15 is 0 Å². The monoisotopic (exact) mass is 203 g/mol. The normalized spacial score (nSPS) is 9.60. The fourth-order valence-electron chi connectivity index (χ4n) is 1.57. The average molecular weight is 203 g/mol. The van der Waals surface area contributed by atoms with E-state index in [9.17, 15) is 0 Å². The molecular formula is C12H17N3. The first-order valence-corrected chi connectivity index (χ1v) is 5.26. The van der Waals surface area contributed by atoms with Crippen LogP contribution in [0.5, 0.6) is 0 Å². The lowest BCUT2D eigenvalue weighted by molar-refractivity contribution is 0.762. The topological polar surface area (TPSA) is 53.0 Å². The van der Waals surface area contributed by atoms with Crippen molar-refractivity contribution in [2.24, 2.45) is 0 Å². The lowest BCUT2D eigenvalue weighted by Crippen LogP contribution is -2.24. The van der Waals surface area contributed by atoms with Gasteiger partial charge in [0.1, 0.15) is 0 Å². The second-order valence-electron chi connectivity index (χ2n) is 3.40. The van der Waals surface area contributed by atoms with Crippen LogP contribution in [-0.2, 0) is 0 Å². The van der Waals surface area contributed by atoms with Gasteiger partial charge in [-0.3, -0.25) is 0 Å². The van der Waals surface area contributed by atoms with E-state index in [4.69, 9.17) is 11.0 Å². The average Bonchev–Trinajstić information content (AvgIpc) is 2.26. The van der Waals surface area contributed by atoms with Crippen molar-refractivity contribution in [1.82, 2.24) is 0 Å². The van der Waals surface area contributed by atoms with Gasteiger partial charge in [-0.25, -0.2) is 0 Å². The molecule has 0 spiro atoms. The molecule has 80 valence electrons. The molecule has 0 atom stereocenters. The smallest absolute Gasteiger partial charge is 0.0622 e. The van der Waals surface area contributed by atoms with Crippen molar-refractivity contribution in [2.75, 3.05) is 23.7 Å². The maximum absolute atomic E-state index is 8.48. The summed E-state index contributed by atoms with van der Waals surface area (Å²) in [6.45, 7) is 3.90. The van der Waals surface area contributed by atoms with Crippen LogP contribution in [0.2, 0.25) is 0 Å². The van der Waals surface area contributed by atoms with E-state index < -0.39 is 0 Å². The molecule has 1 aromatic carbocycles. The fourth-order valence-corrected chi connectivity index (χ4v) is 1.57. The molecule has 0 bridgehead atoms. The Balaban J connectivity index is 2.66. The summed E-state index contributed by atoms with van der Waals surface area (Å²) in [6.07, 6.45) is 1.49. The third-order valence-corrected chi connectivity index (χ3v) is 2.38. The number of benzene rings is 1. The third-order valence-electron chi connectivity index (χ3n) is 2.38. The third kappa shape index (κ3) is 3.17. The largest absolute Gasteiger partial charge is 0.397 e. The highest BCUT2D eigenvalue weighted by molar-refractivity contribution is 5.67. The molecule has 0 saturated heterocycles. The van der Waals surface area contributed by atoms with Crippen molar-refractivity contribution in [3.8, 4) is 6.07 Å². The molecule has 1 aromatic rings. The quantitative estimate of drug-likeness (QED) is 0.590. The molecule has 3 heteroatoms. The number of anilines is 2. The van der Waals surface area contributed by atoms with Crippen LogP contribution in [0.3, 0.4) is 0 Å². The minimum atomic E-state index is 0.600. The first-order chi connectivity index (χ1) is 7.29. The van der Waals surface area contributed by atoms with E-state index in [0.717, 1.165) is 30.9 Å². The maximum Gasteiger partial charge on any atom is 0.0622 e. The Labute approximate surface area is 91.1 Å². The zero-order chi connectivity index (χ0) is 11.1. The Morgan fingerprint density at radius 3 is 2.73 bits per heavy atom. The summed E-state index contributed by atoms with van der Waals surface area (Å²) < 4.78 is 0. The molecule has 0 amide bonds. The van der Waals surface area contributed by atoms with Gasteiger partial charge in [0.2, 0.25) is 0 Å². The van der Waals surface area contributed by atoms with Crippen LogP contribution in [0, 0.1) is 11.3 Å². The van der Waals surface area contributed by atoms with E-state index in [-0.39, 0.29) is 0 Å². The highest BCUT2D eigenvalue weighted by Crippen LogP contribution is 2.22. The molecule has 1 rings (SSSR count). The minimum absolute atomic E-state index is 0.600. The number of para-hydroxylation sites is 2. The molecular weight excluding hydrogens is 186 g/mol. The summed E-state index contributed by atoms with van der Waals surface area (Å²) in [4.78, 5) is 2.20. The van der Waals surface area contributed by atoms with Gasteiger partial charge < -0.3 is 10.6 Å².